The van der Waals surface area contributed by atoms with E-state index in [-0.39, 0.29) is 11.9 Å². The van der Waals surface area contributed by atoms with Crippen molar-refractivity contribution in [1.82, 2.24) is 4.90 Å². The van der Waals surface area contributed by atoms with E-state index < -0.39 is 0 Å². The molecule has 5 heteroatoms. The molecule has 3 rings (SSSR count). The molecule has 1 atom stereocenters. The van der Waals surface area contributed by atoms with Crippen LogP contribution in [-0.4, -0.2) is 36.6 Å². The highest BCUT2D eigenvalue weighted by atomic mass is 32.1. The first-order valence-corrected chi connectivity index (χ1v) is 8.58. The highest BCUT2D eigenvalue weighted by Crippen LogP contribution is 2.22. The highest BCUT2D eigenvalue weighted by molar-refractivity contribution is 7.12. The van der Waals surface area contributed by atoms with Crippen molar-refractivity contribution in [2.24, 2.45) is 0 Å². The Kier molecular flexibility index (Phi) is 5.06. The first-order valence-electron chi connectivity index (χ1n) is 7.70. The van der Waals surface area contributed by atoms with Crippen LogP contribution in [0.2, 0.25) is 0 Å². The summed E-state index contributed by atoms with van der Waals surface area (Å²) in [7, 11) is 0. The van der Waals surface area contributed by atoms with Gasteiger partial charge < -0.3 is 9.64 Å². The number of ether oxygens (including phenoxy) is 1. The van der Waals surface area contributed by atoms with Gasteiger partial charge in [0.25, 0.3) is 5.91 Å². The van der Waals surface area contributed by atoms with E-state index in [4.69, 9.17) is 4.74 Å². The van der Waals surface area contributed by atoms with Gasteiger partial charge in [0, 0.05) is 13.2 Å². The van der Waals surface area contributed by atoms with Crippen LogP contribution in [0.1, 0.15) is 27.2 Å². The van der Waals surface area contributed by atoms with Crippen LogP contribution < -0.4 is 0 Å². The molecule has 1 aliphatic rings. The quantitative estimate of drug-likeness (QED) is 0.848. The average molecular weight is 326 g/mol. The monoisotopic (exact) mass is 326 g/mol. The minimum Gasteiger partial charge on any atom is -0.379 e. The third-order valence-electron chi connectivity index (χ3n) is 4.07. The third-order valence-corrected chi connectivity index (χ3v) is 4.97. The van der Waals surface area contributed by atoms with E-state index in [1.165, 1.54) is 16.9 Å². The SMILES string of the molecule is N#Cc1ccsc1C(=O)N(CCc1ccccc1)C1CCOC1. The largest absolute Gasteiger partial charge is 0.379 e. The Morgan fingerprint density at radius 3 is 2.87 bits per heavy atom. The molecule has 23 heavy (non-hydrogen) atoms. The van der Waals surface area contributed by atoms with Gasteiger partial charge in [0.2, 0.25) is 0 Å². The first kappa shape index (κ1) is 15.7. The summed E-state index contributed by atoms with van der Waals surface area (Å²) >= 11 is 1.34. The van der Waals surface area contributed by atoms with Crippen molar-refractivity contribution in [3.05, 3.63) is 57.8 Å². The average Bonchev–Trinajstić information content (AvgIpc) is 3.27. The molecule has 0 saturated carbocycles. The molecule has 1 saturated heterocycles. The molecule has 0 N–H and O–H groups in total. The molecule has 118 valence electrons. The summed E-state index contributed by atoms with van der Waals surface area (Å²) in [6.07, 6.45) is 1.66. The van der Waals surface area contributed by atoms with E-state index in [2.05, 4.69) is 18.2 Å². The molecule has 4 nitrogen and oxygen atoms in total. The zero-order chi connectivity index (χ0) is 16.1. The smallest absolute Gasteiger partial charge is 0.265 e. The number of carbonyl (C=O) groups excluding carboxylic acids is 1. The van der Waals surface area contributed by atoms with Gasteiger partial charge in [-0.1, -0.05) is 30.3 Å². The summed E-state index contributed by atoms with van der Waals surface area (Å²) in [4.78, 5) is 15.3. The Bertz CT molecular complexity index is 699. The van der Waals surface area contributed by atoms with Gasteiger partial charge in [-0.05, 0) is 29.9 Å². The number of thiophene rings is 1. The molecule has 1 aromatic heterocycles. The summed E-state index contributed by atoms with van der Waals surface area (Å²) < 4.78 is 5.46. The van der Waals surface area contributed by atoms with Crippen LogP contribution in [0.3, 0.4) is 0 Å². The normalized spacial score (nSPS) is 16.9. The fraction of sp³-hybridized carbons (Fsp3) is 0.333. The lowest BCUT2D eigenvalue weighted by Gasteiger charge is -2.28. The predicted octanol–water partition coefficient (Wildman–Crippen LogP) is 3.09. The van der Waals surface area contributed by atoms with Gasteiger partial charge in [-0.3, -0.25) is 4.79 Å². The summed E-state index contributed by atoms with van der Waals surface area (Å²) in [5.41, 5.74) is 1.67. The molecule has 0 radical (unpaired) electrons. The molecule has 1 unspecified atom stereocenters. The molecule has 1 aromatic carbocycles. The minimum atomic E-state index is -0.0528. The van der Waals surface area contributed by atoms with E-state index >= 15 is 0 Å². The summed E-state index contributed by atoms with van der Waals surface area (Å²) in [5.74, 6) is -0.0528. The maximum Gasteiger partial charge on any atom is 0.265 e. The van der Waals surface area contributed by atoms with E-state index in [1.807, 2.05) is 23.1 Å². The molecule has 0 aliphatic carbocycles. The fourth-order valence-electron chi connectivity index (χ4n) is 2.81. The van der Waals surface area contributed by atoms with Crippen molar-refractivity contribution in [2.75, 3.05) is 19.8 Å². The second-order valence-electron chi connectivity index (χ2n) is 5.53. The van der Waals surface area contributed by atoms with Crippen molar-refractivity contribution in [3.8, 4) is 6.07 Å². The second-order valence-corrected chi connectivity index (χ2v) is 6.44. The summed E-state index contributed by atoms with van der Waals surface area (Å²) in [6, 6.07) is 14.1. The van der Waals surface area contributed by atoms with Gasteiger partial charge in [0.15, 0.2) is 0 Å². The molecular weight excluding hydrogens is 308 g/mol. The Morgan fingerprint density at radius 1 is 1.35 bits per heavy atom. The van der Waals surface area contributed by atoms with Crippen molar-refractivity contribution in [3.63, 3.8) is 0 Å². The Balaban J connectivity index is 1.78. The zero-order valence-corrected chi connectivity index (χ0v) is 13.6. The Hall–Kier alpha value is -2.16. The predicted molar refractivity (Wildman–Crippen MR) is 89.4 cm³/mol. The number of nitriles is 1. The van der Waals surface area contributed by atoms with Crippen LogP contribution in [0.15, 0.2) is 41.8 Å². The minimum absolute atomic E-state index is 0.0528. The van der Waals surface area contributed by atoms with E-state index in [0.717, 1.165) is 12.8 Å². The van der Waals surface area contributed by atoms with E-state index in [0.29, 0.717) is 30.2 Å². The van der Waals surface area contributed by atoms with Gasteiger partial charge in [0.1, 0.15) is 10.9 Å². The van der Waals surface area contributed by atoms with Gasteiger partial charge in [-0.25, -0.2) is 0 Å². The fourth-order valence-corrected chi connectivity index (χ4v) is 3.60. The lowest BCUT2D eigenvalue weighted by Crippen LogP contribution is -2.42. The van der Waals surface area contributed by atoms with Crippen molar-refractivity contribution in [2.45, 2.75) is 18.9 Å². The molecule has 2 aromatic rings. The molecule has 0 spiro atoms. The molecule has 1 amide bonds. The van der Waals surface area contributed by atoms with Crippen LogP contribution in [-0.2, 0) is 11.2 Å². The van der Waals surface area contributed by atoms with Gasteiger partial charge in [-0.15, -0.1) is 11.3 Å². The van der Waals surface area contributed by atoms with Gasteiger partial charge in [-0.2, -0.15) is 5.26 Å². The first-order chi connectivity index (χ1) is 11.3. The molecule has 2 heterocycles. The van der Waals surface area contributed by atoms with Crippen molar-refractivity contribution < 1.29 is 9.53 Å². The number of carbonyl (C=O) groups is 1. The number of nitrogens with zero attached hydrogens (tertiary/aromatic N) is 2. The number of hydrogen-bond donors (Lipinski definition) is 0. The zero-order valence-electron chi connectivity index (χ0n) is 12.8. The van der Waals surface area contributed by atoms with Crippen molar-refractivity contribution in [1.29, 1.82) is 5.26 Å². The molecule has 1 aliphatic heterocycles. The summed E-state index contributed by atoms with van der Waals surface area (Å²) in [5, 5.41) is 11.0. The Morgan fingerprint density at radius 2 is 2.17 bits per heavy atom. The topological polar surface area (TPSA) is 53.3 Å². The van der Waals surface area contributed by atoms with Crippen LogP contribution in [0, 0.1) is 11.3 Å². The standard InChI is InChI=1S/C18H18N2O2S/c19-12-15-8-11-23-17(15)18(21)20(16-7-10-22-13-16)9-6-14-4-2-1-3-5-14/h1-5,8,11,16H,6-7,9-10,13H2. The number of hydrogen-bond acceptors (Lipinski definition) is 4. The maximum atomic E-state index is 12.9. The van der Waals surface area contributed by atoms with E-state index in [9.17, 15) is 10.1 Å². The highest BCUT2D eigenvalue weighted by Gasteiger charge is 2.29. The van der Waals surface area contributed by atoms with Crippen LogP contribution in [0.5, 0.6) is 0 Å². The second kappa shape index (κ2) is 7.40. The molecule has 1 fully saturated rings. The van der Waals surface area contributed by atoms with Crippen LogP contribution in [0.4, 0.5) is 0 Å². The number of amides is 1. The van der Waals surface area contributed by atoms with Crippen molar-refractivity contribution >= 4 is 17.2 Å². The maximum absolute atomic E-state index is 12.9. The number of rotatable bonds is 5. The third kappa shape index (κ3) is 3.61. The van der Waals surface area contributed by atoms with E-state index in [1.54, 1.807) is 11.4 Å². The Labute approximate surface area is 139 Å². The van der Waals surface area contributed by atoms with Crippen LogP contribution in [0.25, 0.3) is 0 Å². The molecule has 0 bridgehead atoms. The summed E-state index contributed by atoms with van der Waals surface area (Å²) in [6.45, 7) is 1.91. The molecular formula is C18H18N2O2S. The number of benzene rings is 1. The van der Waals surface area contributed by atoms with Gasteiger partial charge in [0.05, 0.1) is 18.2 Å². The lowest BCUT2D eigenvalue weighted by molar-refractivity contribution is 0.0661. The van der Waals surface area contributed by atoms with Crippen LogP contribution >= 0.6 is 11.3 Å². The lowest BCUT2D eigenvalue weighted by atomic mass is 10.1. The van der Waals surface area contributed by atoms with Gasteiger partial charge >= 0.3 is 0 Å².